The summed E-state index contributed by atoms with van der Waals surface area (Å²) < 4.78 is 0. The average molecular weight is 626 g/mol. The van der Waals surface area contributed by atoms with Crippen molar-refractivity contribution in [3.05, 3.63) is 44.6 Å². The van der Waals surface area contributed by atoms with Gasteiger partial charge in [-0.3, -0.25) is 4.79 Å². The Labute approximate surface area is 262 Å². The largest absolute Gasteiger partial charge is 0.397 e. The van der Waals surface area contributed by atoms with Crippen LogP contribution in [0.5, 0.6) is 0 Å². The van der Waals surface area contributed by atoms with Crippen LogP contribution in [-0.4, -0.2) is 103 Å². The normalized spacial score (nSPS) is 19.0. The summed E-state index contributed by atoms with van der Waals surface area (Å²) in [6.45, 7) is 2.89. The van der Waals surface area contributed by atoms with E-state index in [1.807, 2.05) is 15.2 Å². The lowest BCUT2D eigenvalue weighted by atomic mass is 9.99. The number of terminal acetylenes is 1. The molecule has 43 heavy (non-hydrogen) atoms. The minimum atomic E-state index is -0.790. The van der Waals surface area contributed by atoms with Crippen molar-refractivity contribution in [1.29, 1.82) is 0 Å². The molecule has 0 aliphatic carbocycles. The maximum Gasteiger partial charge on any atom is 0.322 e. The smallest absolute Gasteiger partial charge is 0.322 e. The molecule has 0 unspecified atom stereocenters. The molecule has 10 nitrogen and oxygen atoms in total. The topological polar surface area (TPSA) is 114 Å². The van der Waals surface area contributed by atoms with Gasteiger partial charge in [0, 0.05) is 62.2 Å². The fourth-order valence-electron chi connectivity index (χ4n) is 6.30. The number of nitrogen functional groups attached to an aromatic ring is 1. The number of nitrogens with zero attached hydrogens (tertiary/aromatic N) is 4. The molecule has 3 aliphatic heterocycles. The van der Waals surface area contributed by atoms with Gasteiger partial charge in [-0.2, -0.15) is 0 Å². The second-order valence-corrected chi connectivity index (χ2v) is 13.0. The van der Waals surface area contributed by atoms with Gasteiger partial charge in [0.25, 0.3) is 0 Å². The first-order valence-electron chi connectivity index (χ1n) is 14.8. The molecule has 4 N–H and O–H groups in total. The Morgan fingerprint density at radius 1 is 1.14 bits per heavy atom. The summed E-state index contributed by atoms with van der Waals surface area (Å²) in [7, 11) is 4.11. The number of likely N-dealkylation sites (tertiary alicyclic amines) is 2. The highest BCUT2D eigenvalue weighted by Crippen LogP contribution is 2.28. The van der Waals surface area contributed by atoms with Crippen molar-refractivity contribution >= 4 is 52.3 Å². The predicted molar refractivity (Wildman–Crippen MR) is 171 cm³/mol. The summed E-state index contributed by atoms with van der Waals surface area (Å²) in [4.78, 5) is 48.0. The summed E-state index contributed by atoms with van der Waals surface area (Å²) >= 11 is 7.95. The quantitative estimate of drug-likeness (QED) is 0.335. The number of rotatable bonds is 6. The number of thiophene rings is 1. The van der Waals surface area contributed by atoms with E-state index in [2.05, 4.69) is 40.9 Å². The minimum absolute atomic E-state index is 0.0475. The van der Waals surface area contributed by atoms with Crippen LogP contribution in [0, 0.1) is 12.3 Å². The number of urea groups is 2. The second kappa shape index (κ2) is 13.5. The number of fused-ring (bicyclic) bond motifs is 1. The van der Waals surface area contributed by atoms with Gasteiger partial charge in [0.05, 0.1) is 16.4 Å². The maximum atomic E-state index is 13.8. The third kappa shape index (κ3) is 7.03. The van der Waals surface area contributed by atoms with Gasteiger partial charge >= 0.3 is 12.1 Å². The number of nitrogens with one attached hydrogen (secondary N) is 2. The summed E-state index contributed by atoms with van der Waals surface area (Å²) in [6.07, 6.45) is 9.77. The van der Waals surface area contributed by atoms with Gasteiger partial charge in [-0.25, -0.2) is 9.59 Å². The molecule has 3 aliphatic rings. The van der Waals surface area contributed by atoms with E-state index in [0.29, 0.717) is 67.9 Å². The fourth-order valence-corrected chi connectivity index (χ4v) is 7.36. The third-order valence-corrected chi connectivity index (χ3v) is 10.1. The van der Waals surface area contributed by atoms with Gasteiger partial charge < -0.3 is 36.0 Å². The van der Waals surface area contributed by atoms with Crippen LogP contribution in [0.4, 0.5) is 21.0 Å². The minimum Gasteiger partial charge on any atom is -0.397 e. The first-order valence-corrected chi connectivity index (χ1v) is 16.1. The number of amides is 5. The SMILES string of the molecule is C#Cc1cc(C[C@@H](NC(=O)N2CCC(N3CCc4cscc4NC3=O)CC2)C(=O)N2CCC(N(C)C)CC2)cc(Cl)c1N. The lowest BCUT2D eigenvalue weighted by Crippen LogP contribution is -2.57. The van der Waals surface area contributed by atoms with E-state index in [9.17, 15) is 14.4 Å². The Kier molecular flexibility index (Phi) is 9.69. The van der Waals surface area contributed by atoms with Crippen molar-refractivity contribution in [2.75, 3.05) is 57.9 Å². The highest BCUT2D eigenvalue weighted by molar-refractivity contribution is 7.08. The summed E-state index contributed by atoms with van der Waals surface area (Å²) in [6, 6.07) is 2.76. The summed E-state index contributed by atoms with van der Waals surface area (Å²) in [5.41, 5.74) is 9.60. The zero-order chi connectivity index (χ0) is 30.7. The van der Waals surface area contributed by atoms with Crippen molar-refractivity contribution in [2.24, 2.45) is 0 Å². The van der Waals surface area contributed by atoms with E-state index < -0.39 is 6.04 Å². The molecule has 0 spiro atoms. The van der Waals surface area contributed by atoms with Gasteiger partial charge in [0.15, 0.2) is 0 Å². The zero-order valence-corrected chi connectivity index (χ0v) is 26.3. The molecule has 0 bridgehead atoms. The molecule has 5 amide bonds. The van der Waals surface area contributed by atoms with Gasteiger partial charge in [0.1, 0.15) is 6.04 Å². The highest BCUT2D eigenvalue weighted by atomic mass is 35.5. The average Bonchev–Trinajstić information content (AvgIpc) is 3.38. The van der Waals surface area contributed by atoms with Crippen LogP contribution in [-0.2, 0) is 17.6 Å². The molecule has 5 rings (SSSR count). The van der Waals surface area contributed by atoms with E-state index in [4.69, 9.17) is 23.8 Å². The van der Waals surface area contributed by atoms with E-state index in [-0.39, 0.29) is 30.4 Å². The van der Waals surface area contributed by atoms with E-state index in [1.54, 1.807) is 28.4 Å². The van der Waals surface area contributed by atoms with Crippen molar-refractivity contribution in [3.63, 3.8) is 0 Å². The molecule has 12 heteroatoms. The van der Waals surface area contributed by atoms with Crippen LogP contribution >= 0.6 is 22.9 Å². The molecule has 0 radical (unpaired) electrons. The van der Waals surface area contributed by atoms with Crippen molar-refractivity contribution in [1.82, 2.24) is 24.9 Å². The van der Waals surface area contributed by atoms with Crippen molar-refractivity contribution in [2.45, 2.75) is 56.7 Å². The van der Waals surface area contributed by atoms with E-state index >= 15 is 0 Å². The lowest BCUT2D eigenvalue weighted by molar-refractivity contribution is -0.134. The molecule has 0 saturated carbocycles. The summed E-state index contributed by atoms with van der Waals surface area (Å²) in [5, 5.41) is 10.4. The molecule has 230 valence electrons. The van der Waals surface area contributed by atoms with Gasteiger partial charge in [-0.05, 0) is 74.8 Å². The second-order valence-electron chi connectivity index (χ2n) is 11.8. The Bertz CT molecular complexity index is 1390. The molecule has 2 fully saturated rings. The third-order valence-electron chi connectivity index (χ3n) is 8.95. The molecule has 1 atom stereocenters. The number of benzene rings is 1. The number of nitrogens with two attached hydrogens (primary N) is 1. The van der Waals surface area contributed by atoms with Crippen molar-refractivity contribution < 1.29 is 14.4 Å². The lowest BCUT2D eigenvalue weighted by Gasteiger charge is -2.39. The predicted octanol–water partition coefficient (Wildman–Crippen LogP) is 3.69. The van der Waals surface area contributed by atoms with Crippen molar-refractivity contribution in [3.8, 4) is 12.3 Å². The molecule has 2 saturated heterocycles. The number of anilines is 2. The number of hydrogen-bond acceptors (Lipinski definition) is 6. The van der Waals surface area contributed by atoms with Crippen LogP contribution in [0.2, 0.25) is 5.02 Å². The van der Waals surface area contributed by atoms with Crippen LogP contribution in [0.15, 0.2) is 22.9 Å². The number of hydrogen-bond donors (Lipinski definition) is 3. The van der Waals surface area contributed by atoms with Crippen LogP contribution in [0.3, 0.4) is 0 Å². The molecule has 2 aromatic rings. The van der Waals surface area contributed by atoms with E-state index in [0.717, 1.165) is 36.1 Å². The summed E-state index contributed by atoms with van der Waals surface area (Å²) in [5.74, 6) is 2.43. The molecule has 4 heterocycles. The number of carbonyl (C=O) groups excluding carboxylic acids is 3. The Morgan fingerprint density at radius 3 is 2.51 bits per heavy atom. The first-order chi connectivity index (χ1) is 20.6. The Hall–Kier alpha value is -3.46. The van der Waals surface area contributed by atoms with Gasteiger partial charge in [0.2, 0.25) is 5.91 Å². The fraction of sp³-hybridized carbons (Fsp3) is 0.516. The number of halogens is 1. The van der Waals surface area contributed by atoms with Gasteiger partial charge in [-0.1, -0.05) is 17.5 Å². The number of piperidine rings is 2. The maximum absolute atomic E-state index is 13.8. The standard InChI is InChI=1S/C31H40ClN7O3S/c1-4-21-15-20(16-25(32)28(21)33)17-26(29(40)37-10-6-23(7-11-37)36(2)3)34-30(41)38-12-8-24(9-13-38)39-14-5-22-18-43-19-27(22)35-31(39)42/h1,15-16,18-19,23-24,26H,5-14,17,33H2,2-3H3,(H,34,41)(H,35,42)/t26-/m1/s1. The van der Waals surface area contributed by atoms with Crippen LogP contribution < -0.4 is 16.4 Å². The molecular weight excluding hydrogens is 586 g/mol. The van der Waals surface area contributed by atoms with Crippen LogP contribution in [0.1, 0.15) is 42.4 Å². The Balaban J connectivity index is 1.24. The molecule has 1 aromatic carbocycles. The monoisotopic (exact) mass is 625 g/mol. The highest BCUT2D eigenvalue weighted by Gasteiger charge is 2.34. The number of carbonyl (C=O) groups is 3. The van der Waals surface area contributed by atoms with Crippen LogP contribution in [0.25, 0.3) is 0 Å². The first kappa shape index (κ1) is 31.0. The van der Waals surface area contributed by atoms with E-state index in [1.165, 1.54) is 0 Å². The molecule has 1 aromatic heterocycles. The molecular formula is C31H40ClN7O3S. The Morgan fingerprint density at radius 2 is 1.84 bits per heavy atom. The van der Waals surface area contributed by atoms with Gasteiger partial charge in [-0.15, -0.1) is 17.8 Å². The zero-order valence-electron chi connectivity index (χ0n) is 24.8.